The van der Waals surface area contributed by atoms with Crippen molar-refractivity contribution in [3.63, 3.8) is 0 Å². The van der Waals surface area contributed by atoms with Crippen molar-refractivity contribution in [3.05, 3.63) is 6.33 Å². The molecular weight excluding hydrogens is 108 g/mol. The van der Waals surface area contributed by atoms with Gasteiger partial charge in [0.25, 0.3) is 0 Å². The van der Waals surface area contributed by atoms with Crippen LogP contribution in [-0.2, 0) is 11.5 Å². The Hall–Kier alpha value is -0.970. The summed E-state index contributed by atoms with van der Waals surface area (Å²) in [6, 6.07) is 0. The van der Waals surface area contributed by atoms with Crippen molar-refractivity contribution in [3.8, 4) is 0 Å². The Kier molecular flexibility index (Phi) is 1.53. The highest BCUT2D eigenvalue weighted by atomic mass is 16.5. The molecule has 0 aliphatic carbocycles. The molecule has 0 N–H and O–H groups in total. The van der Waals surface area contributed by atoms with Crippen molar-refractivity contribution in [2.24, 2.45) is 0 Å². The molecule has 0 fully saturated rings. The first-order valence-corrected chi connectivity index (χ1v) is 2.13. The number of ether oxygens (including phenoxy) is 1. The Labute approximate surface area is 46.3 Å². The molecule has 1 aromatic heterocycles. The number of hydrogen-bond donors (Lipinski definition) is 0. The molecule has 0 radical (unpaired) electrons. The van der Waals surface area contributed by atoms with Gasteiger partial charge >= 0.3 is 0 Å². The number of aromatic nitrogens is 4. The summed E-state index contributed by atoms with van der Waals surface area (Å²) >= 11 is 0. The molecule has 0 spiro atoms. The maximum atomic E-state index is 4.71. The molecule has 0 aromatic carbocycles. The second-order valence-electron chi connectivity index (χ2n) is 1.27. The lowest BCUT2D eigenvalue weighted by Crippen LogP contribution is -1.99. The molecule has 0 aliphatic heterocycles. The van der Waals surface area contributed by atoms with Crippen molar-refractivity contribution in [2.45, 2.75) is 6.73 Å². The molecule has 8 heavy (non-hydrogen) atoms. The van der Waals surface area contributed by atoms with Crippen LogP contribution in [0.4, 0.5) is 0 Å². The van der Waals surface area contributed by atoms with Crippen molar-refractivity contribution >= 4 is 0 Å². The molecule has 0 aliphatic rings. The molecule has 0 amide bonds. The van der Waals surface area contributed by atoms with E-state index in [0.717, 1.165) is 0 Å². The Morgan fingerprint density at radius 2 is 2.62 bits per heavy atom. The van der Waals surface area contributed by atoms with Gasteiger partial charge in [0.1, 0.15) is 13.1 Å². The molecular formula is C3H6N4O. The van der Waals surface area contributed by atoms with Gasteiger partial charge in [-0.1, -0.05) is 0 Å². The molecule has 1 rings (SSSR count). The lowest BCUT2D eigenvalue weighted by atomic mass is 11.1. The van der Waals surface area contributed by atoms with Gasteiger partial charge in [0, 0.05) is 7.11 Å². The second-order valence-corrected chi connectivity index (χ2v) is 1.27. The van der Waals surface area contributed by atoms with Crippen molar-refractivity contribution in [1.29, 1.82) is 0 Å². The molecule has 0 bridgehead atoms. The lowest BCUT2D eigenvalue weighted by molar-refractivity contribution is 0.119. The first kappa shape index (κ1) is 5.17. The molecule has 0 atom stereocenters. The number of nitrogens with zero attached hydrogens (tertiary/aromatic N) is 4. The smallest absolute Gasteiger partial charge is 0.142 e. The van der Waals surface area contributed by atoms with Crippen LogP contribution in [-0.4, -0.2) is 27.3 Å². The minimum atomic E-state index is 0.410. The molecule has 0 saturated carbocycles. The summed E-state index contributed by atoms with van der Waals surface area (Å²) in [4.78, 5) is 0. The van der Waals surface area contributed by atoms with E-state index in [2.05, 4.69) is 15.5 Å². The summed E-state index contributed by atoms with van der Waals surface area (Å²) in [5.74, 6) is 0. The highest BCUT2D eigenvalue weighted by molar-refractivity contribution is 4.38. The minimum Gasteiger partial charge on any atom is -0.362 e. The maximum absolute atomic E-state index is 4.71. The summed E-state index contributed by atoms with van der Waals surface area (Å²) < 4.78 is 6.19. The van der Waals surface area contributed by atoms with Crippen LogP contribution in [0.15, 0.2) is 6.33 Å². The second kappa shape index (κ2) is 2.37. The average molecular weight is 114 g/mol. The standard InChI is InChI=1S/C3H6N4O/c1-8-3-7-2-4-5-6-7/h2H,3H2,1H3. The summed E-state index contributed by atoms with van der Waals surface area (Å²) in [5, 5.41) is 10.3. The van der Waals surface area contributed by atoms with E-state index in [9.17, 15) is 0 Å². The SMILES string of the molecule is COCn1cnnn1. The van der Waals surface area contributed by atoms with Crippen LogP contribution in [0.2, 0.25) is 0 Å². The van der Waals surface area contributed by atoms with Gasteiger partial charge in [0.05, 0.1) is 0 Å². The molecule has 5 nitrogen and oxygen atoms in total. The van der Waals surface area contributed by atoms with Crippen molar-refractivity contribution in [2.75, 3.05) is 7.11 Å². The van der Waals surface area contributed by atoms with E-state index in [1.54, 1.807) is 7.11 Å². The van der Waals surface area contributed by atoms with Crippen LogP contribution in [0, 0.1) is 0 Å². The van der Waals surface area contributed by atoms with E-state index >= 15 is 0 Å². The van der Waals surface area contributed by atoms with Gasteiger partial charge < -0.3 is 4.74 Å². The van der Waals surface area contributed by atoms with Gasteiger partial charge in [-0.2, -0.15) is 0 Å². The molecule has 5 heteroatoms. The average Bonchev–Trinajstić information content (AvgIpc) is 2.19. The molecule has 1 heterocycles. The third-order valence-electron chi connectivity index (χ3n) is 0.653. The topological polar surface area (TPSA) is 52.8 Å². The Balaban J connectivity index is 2.50. The predicted octanol–water partition coefficient (Wildman–Crippen LogP) is -0.723. The van der Waals surface area contributed by atoms with E-state index in [0.29, 0.717) is 6.73 Å². The third-order valence-corrected chi connectivity index (χ3v) is 0.653. The fourth-order valence-corrected chi connectivity index (χ4v) is 0.372. The lowest BCUT2D eigenvalue weighted by Gasteiger charge is -1.91. The Bertz CT molecular complexity index is 137. The van der Waals surface area contributed by atoms with E-state index in [-0.39, 0.29) is 0 Å². The van der Waals surface area contributed by atoms with Crippen LogP contribution in [0.25, 0.3) is 0 Å². The molecule has 44 valence electrons. The zero-order valence-corrected chi connectivity index (χ0v) is 4.48. The maximum Gasteiger partial charge on any atom is 0.142 e. The van der Waals surface area contributed by atoms with Crippen LogP contribution in [0.5, 0.6) is 0 Å². The Morgan fingerprint density at radius 3 is 3.12 bits per heavy atom. The fraction of sp³-hybridized carbons (Fsp3) is 0.667. The van der Waals surface area contributed by atoms with Gasteiger partial charge in [-0.25, -0.2) is 4.68 Å². The van der Waals surface area contributed by atoms with Gasteiger partial charge in [-0.3, -0.25) is 0 Å². The monoisotopic (exact) mass is 114 g/mol. The summed E-state index contributed by atoms with van der Waals surface area (Å²) in [5.41, 5.74) is 0. The highest BCUT2D eigenvalue weighted by Crippen LogP contribution is 1.74. The van der Waals surface area contributed by atoms with E-state index in [1.807, 2.05) is 0 Å². The van der Waals surface area contributed by atoms with Gasteiger partial charge in [-0.05, 0) is 10.4 Å². The van der Waals surface area contributed by atoms with E-state index in [1.165, 1.54) is 11.0 Å². The first-order chi connectivity index (χ1) is 3.93. The van der Waals surface area contributed by atoms with Gasteiger partial charge in [-0.15, -0.1) is 5.10 Å². The highest BCUT2D eigenvalue weighted by Gasteiger charge is 1.84. The van der Waals surface area contributed by atoms with Crippen LogP contribution < -0.4 is 0 Å². The summed E-state index contributed by atoms with van der Waals surface area (Å²) in [7, 11) is 1.58. The molecule has 1 aromatic rings. The summed E-state index contributed by atoms with van der Waals surface area (Å²) in [6.07, 6.45) is 1.49. The number of hydrogen-bond acceptors (Lipinski definition) is 4. The number of methoxy groups -OCH3 is 1. The zero-order valence-electron chi connectivity index (χ0n) is 4.48. The largest absolute Gasteiger partial charge is 0.362 e. The van der Waals surface area contributed by atoms with E-state index in [4.69, 9.17) is 4.74 Å². The van der Waals surface area contributed by atoms with Crippen LogP contribution in [0.1, 0.15) is 0 Å². The van der Waals surface area contributed by atoms with Gasteiger partial charge in [0.15, 0.2) is 0 Å². The molecule has 0 saturated heterocycles. The predicted molar refractivity (Wildman–Crippen MR) is 24.8 cm³/mol. The van der Waals surface area contributed by atoms with E-state index < -0.39 is 0 Å². The third kappa shape index (κ3) is 1.00. The number of rotatable bonds is 2. The summed E-state index contributed by atoms with van der Waals surface area (Å²) in [6.45, 7) is 0.410. The quantitative estimate of drug-likeness (QED) is 0.509. The van der Waals surface area contributed by atoms with Gasteiger partial charge in [0.2, 0.25) is 0 Å². The normalized spacial score (nSPS) is 9.62. The minimum absolute atomic E-state index is 0.410. The molecule has 0 unspecified atom stereocenters. The Morgan fingerprint density at radius 1 is 1.75 bits per heavy atom. The van der Waals surface area contributed by atoms with Crippen molar-refractivity contribution in [1.82, 2.24) is 20.2 Å². The van der Waals surface area contributed by atoms with Crippen LogP contribution >= 0.6 is 0 Å². The number of tetrazole rings is 1. The first-order valence-electron chi connectivity index (χ1n) is 2.13. The van der Waals surface area contributed by atoms with Crippen molar-refractivity contribution < 1.29 is 4.74 Å². The fourth-order valence-electron chi connectivity index (χ4n) is 0.372. The zero-order chi connectivity index (χ0) is 5.82. The van der Waals surface area contributed by atoms with Crippen LogP contribution in [0.3, 0.4) is 0 Å².